The van der Waals surface area contributed by atoms with Crippen LogP contribution in [0.5, 0.6) is 0 Å². The van der Waals surface area contributed by atoms with Gasteiger partial charge >= 0.3 is 0 Å². The zero-order valence-electron chi connectivity index (χ0n) is 14.4. The highest BCUT2D eigenvalue weighted by molar-refractivity contribution is 5.81. The molecule has 132 valence electrons. The van der Waals surface area contributed by atoms with Gasteiger partial charge in [-0.2, -0.15) is 0 Å². The first-order valence-corrected chi connectivity index (χ1v) is 8.98. The smallest absolute Gasteiger partial charge is 0.237 e. The molecule has 1 aromatic carbocycles. The van der Waals surface area contributed by atoms with Crippen LogP contribution in [0.25, 0.3) is 0 Å². The number of ether oxygens (including phenoxy) is 1. The Bertz CT molecular complexity index is 559. The summed E-state index contributed by atoms with van der Waals surface area (Å²) >= 11 is 0. The maximum absolute atomic E-state index is 12.3. The van der Waals surface area contributed by atoms with Gasteiger partial charge in [-0.05, 0) is 43.2 Å². The van der Waals surface area contributed by atoms with Crippen LogP contribution in [-0.2, 0) is 22.5 Å². The van der Waals surface area contributed by atoms with Gasteiger partial charge < -0.3 is 15.2 Å². The number of hydrogen-bond acceptors (Lipinski definition) is 4. The van der Waals surface area contributed by atoms with E-state index in [4.69, 9.17) is 4.74 Å². The lowest BCUT2D eigenvalue weighted by Crippen LogP contribution is -2.48. The van der Waals surface area contributed by atoms with E-state index < -0.39 is 6.10 Å². The van der Waals surface area contributed by atoms with Crippen molar-refractivity contribution in [3.05, 3.63) is 35.4 Å². The Labute approximate surface area is 144 Å². The fourth-order valence-electron chi connectivity index (χ4n) is 3.09. The summed E-state index contributed by atoms with van der Waals surface area (Å²) in [5.41, 5.74) is 2.68. The summed E-state index contributed by atoms with van der Waals surface area (Å²) in [4.78, 5) is 14.5. The first kappa shape index (κ1) is 17.4. The Morgan fingerprint density at radius 2 is 2.12 bits per heavy atom. The Kier molecular flexibility index (Phi) is 5.87. The fraction of sp³-hybridized carbons (Fsp3) is 0.632. The second-order valence-corrected chi connectivity index (χ2v) is 7.04. The molecule has 0 bridgehead atoms. The van der Waals surface area contributed by atoms with Gasteiger partial charge in [-0.25, -0.2) is 0 Å². The van der Waals surface area contributed by atoms with Gasteiger partial charge in [0.25, 0.3) is 0 Å². The van der Waals surface area contributed by atoms with Gasteiger partial charge in [-0.15, -0.1) is 0 Å². The van der Waals surface area contributed by atoms with Crippen LogP contribution in [0, 0.1) is 5.92 Å². The van der Waals surface area contributed by atoms with Crippen LogP contribution >= 0.6 is 0 Å². The molecule has 24 heavy (non-hydrogen) atoms. The van der Waals surface area contributed by atoms with Crippen LogP contribution in [0.4, 0.5) is 0 Å². The lowest BCUT2D eigenvalue weighted by molar-refractivity contribution is -0.126. The number of aliphatic hydroxyl groups excluding tert-OH is 1. The van der Waals surface area contributed by atoms with Gasteiger partial charge in [0.05, 0.1) is 18.8 Å². The van der Waals surface area contributed by atoms with E-state index in [2.05, 4.69) is 28.4 Å². The molecule has 5 nitrogen and oxygen atoms in total. The number of carbonyl (C=O) groups excluding carboxylic acids is 1. The molecule has 1 fully saturated rings. The van der Waals surface area contributed by atoms with Crippen LogP contribution in [0.2, 0.25) is 0 Å². The number of aliphatic hydroxyl groups is 1. The van der Waals surface area contributed by atoms with Crippen LogP contribution < -0.4 is 5.32 Å². The van der Waals surface area contributed by atoms with Crippen molar-refractivity contribution in [2.75, 3.05) is 26.3 Å². The van der Waals surface area contributed by atoms with Crippen LogP contribution in [0.3, 0.4) is 0 Å². The number of rotatable bonds is 8. The largest absolute Gasteiger partial charge is 0.389 e. The Morgan fingerprint density at radius 3 is 2.88 bits per heavy atom. The van der Waals surface area contributed by atoms with Gasteiger partial charge in [0.15, 0.2) is 0 Å². The zero-order chi connectivity index (χ0) is 16.9. The number of nitrogens with zero attached hydrogens (tertiary/aromatic N) is 1. The molecule has 5 heteroatoms. The maximum atomic E-state index is 12.3. The molecule has 1 saturated carbocycles. The molecule has 0 radical (unpaired) electrons. The Morgan fingerprint density at radius 1 is 1.38 bits per heavy atom. The maximum Gasteiger partial charge on any atom is 0.237 e. The number of amides is 1. The molecular formula is C19H28N2O3. The second kappa shape index (κ2) is 8.10. The number of nitrogens with one attached hydrogen (secondary N) is 1. The monoisotopic (exact) mass is 332 g/mol. The first-order valence-electron chi connectivity index (χ1n) is 8.98. The van der Waals surface area contributed by atoms with Gasteiger partial charge in [-0.3, -0.25) is 9.69 Å². The molecule has 1 aliphatic carbocycles. The molecule has 0 spiro atoms. The number of benzene rings is 1. The standard InChI is InChI=1S/C19H28N2O3/c1-14(21-9-8-16-4-2-3-5-17(16)11-21)19(23)20-10-18(22)13-24-12-15-6-7-15/h2-5,14-15,18,22H,6-13H2,1H3,(H,20,23). The summed E-state index contributed by atoms with van der Waals surface area (Å²) in [6, 6.07) is 8.21. The van der Waals surface area contributed by atoms with E-state index in [1.807, 2.05) is 13.0 Å². The fourth-order valence-corrected chi connectivity index (χ4v) is 3.09. The van der Waals surface area contributed by atoms with E-state index in [1.165, 1.54) is 24.0 Å². The SMILES string of the molecule is CC(C(=O)NCC(O)COCC1CC1)N1CCc2ccccc2C1. The van der Waals surface area contributed by atoms with E-state index in [0.717, 1.165) is 26.1 Å². The Hall–Kier alpha value is -1.43. The van der Waals surface area contributed by atoms with E-state index in [9.17, 15) is 9.90 Å². The molecule has 3 rings (SSSR count). The van der Waals surface area contributed by atoms with E-state index in [1.54, 1.807) is 0 Å². The third-order valence-corrected chi connectivity index (χ3v) is 4.96. The van der Waals surface area contributed by atoms with Gasteiger partial charge in [0.2, 0.25) is 5.91 Å². The number of carbonyl (C=O) groups is 1. The second-order valence-electron chi connectivity index (χ2n) is 7.04. The van der Waals surface area contributed by atoms with E-state index >= 15 is 0 Å². The molecule has 2 N–H and O–H groups in total. The average molecular weight is 332 g/mol. The molecule has 1 aliphatic heterocycles. The lowest BCUT2D eigenvalue weighted by atomic mass is 9.99. The van der Waals surface area contributed by atoms with Crippen molar-refractivity contribution in [3.63, 3.8) is 0 Å². The van der Waals surface area contributed by atoms with E-state index in [0.29, 0.717) is 12.5 Å². The predicted molar refractivity (Wildman–Crippen MR) is 92.6 cm³/mol. The van der Waals surface area contributed by atoms with Crippen LogP contribution in [0.1, 0.15) is 30.9 Å². The molecular weight excluding hydrogens is 304 g/mol. The van der Waals surface area contributed by atoms with Crippen molar-refractivity contribution >= 4 is 5.91 Å². The normalized spacial score (nSPS) is 20.2. The highest BCUT2D eigenvalue weighted by Crippen LogP contribution is 2.28. The third-order valence-electron chi connectivity index (χ3n) is 4.96. The summed E-state index contributed by atoms with van der Waals surface area (Å²) < 4.78 is 5.46. The molecule has 1 amide bonds. The summed E-state index contributed by atoms with van der Waals surface area (Å²) in [7, 11) is 0. The minimum Gasteiger partial charge on any atom is -0.389 e. The summed E-state index contributed by atoms with van der Waals surface area (Å²) in [6.07, 6.45) is 2.82. The molecule has 1 aromatic rings. The minimum absolute atomic E-state index is 0.0318. The highest BCUT2D eigenvalue weighted by atomic mass is 16.5. The molecule has 0 aromatic heterocycles. The van der Waals surface area contributed by atoms with Crippen molar-refractivity contribution in [1.82, 2.24) is 10.2 Å². The summed E-state index contributed by atoms with van der Waals surface area (Å²) in [5, 5.41) is 12.7. The van der Waals surface area contributed by atoms with Crippen molar-refractivity contribution in [3.8, 4) is 0 Å². The van der Waals surface area contributed by atoms with Gasteiger partial charge in [0.1, 0.15) is 0 Å². The minimum atomic E-state index is -0.637. The average Bonchev–Trinajstić information content (AvgIpc) is 3.43. The van der Waals surface area contributed by atoms with E-state index in [-0.39, 0.29) is 18.5 Å². The predicted octanol–water partition coefficient (Wildman–Crippen LogP) is 1.34. The first-order chi connectivity index (χ1) is 11.6. The van der Waals surface area contributed by atoms with Crippen molar-refractivity contribution < 1.29 is 14.6 Å². The highest BCUT2D eigenvalue weighted by Gasteiger charge is 2.25. The van der Waals surface area contributed by atoms with Crippen LogP contribution in [0.15, 0.2) is 24.3 Å². The lowest BCUT2D eigenvalue weighted by Gasteiger charge is -2.33. The zero-order valence-corrected chi connectivity index (χ0v) is 14.4. The molecule has 2 aliphatic rings. The number of hydrogen-bond donors (Lipinski definition) is 2. The summed E-state index contributed by atoms with van der Waals surface area (Å²) in [6.45, 7) is 4.89. The van der Waals surface area contributed by atoms with Gasteiger partial charge in [0, 0.05) is 26.2 Å². The third kappa shape index (κ3) is 4.79. The number of fused-ring (bicyclic) bond motifs is 1. The molecule has 1 heterocycles. The topological polar surface area (TPSA) is 61.8 Å². The van der Waals surface area contributed by atoms with Crippen molar-refractivity contribution in [1.29, 1.82) is 0 Å². The Balaban J connectivity index is 1.39. The van der Waals surface area contributed by atoms with Crippen molar-refractivity contribution in [2.24, 2.45) is 5.92 Å². The summed E-state index contributed by atoms with van der Waals surface area (Å²) in [5.74, 6) is 0.657. The molecule has 2 unspecified atom stereocenters. The quantitative estimate of drug-likeness (QED) is 0.754. The van der Waals surface area contributed by atoms with Gasteiger partial charge in [-0.1, -0.05) is 24.3 Å². The van der Waals surface area contributed by atoms with Crippen molar-refractivity contribution in [2.45, 2.75) is 44.9 Å². The molecule has 0 saturated heterocycles. The van der Waals surface area contributed by atoms with Crippen LogP contribution in [-0.4, -0.2) is 54.4 Å². The molecule has 2 atom stereocenters.